The maximum absolute atomic E-state index is 12.6. The molecule has 6 heteroatoms. The average molecular weight is 257 g/mol. The molecule has 0 aliphatic carbocycles. The predicted octanol–water partition coefficient (Wildman–Crippen LogP) is 2.55. The molecule has 0 radical (unpaired) electrons. The normalized spacial score (nSPS) is 12.3. The summed E-state index contributed by atoms with van der Waals surface area (Å²) >= 11 is 0. The van der Waals surface area contributed by atoms with Crippen molar-refractivity contribution in [1.82, 2.24) is 9.38 Å². The van der Waals surface area contributed by atoms with Crippen molar-refractivity contribution >= 4 is 5.65 Å². The fourth-order valence-corrected chi connectivity index (χ4v) is 1.96. The van der Waals surface area contributed by atoms with Gasteiger partial charge in [-0.25, -0.2) is 4.98 Å². The second-order valence-electron chi connectivity index (χ2n) is 4.18. The molecule has 18 heavy (non-hydrogen) atoms. The van der Waals surface area contributed by atoms with Crippen molar-refractivity contribution < 1.29 is 13.2 Å². The van der Waals surface area contributed by atoms with E-state index in [1.54, 1.807) is 11.3 Å². The van der Waals surface area contributed by atoms with Crippen LogP contribution in [0.25, 0.3) is 5.65 Å². The summed E-state index contributed by atoms with van der Waals surface area (Å²) in [6.45, 7) is 2.35. The van der Waals surface area contributed by atoms with Gasteiger partial charge in [0.1, 0.15) is 5.65 Å². The Hall–Kier alpha value is -1.56. The van der Waals surface area contributed by atoms with Crippen molar-refractivity contribution in [2.75, 3.05) is 6.54 Å². The first kappa shape index (κ1) is 12.9. The summed E-state index contributed by atoms with van der Waals surface area (Å²) in [6.07, 6.45) is -1.41. The lowest BCUT2D eigenvalue weighted by Crippen LogP contribution is -2.06. The van der Waals surface area contributed by atoms with E-state index in [0.717, 1.165) is 36.4 Å². The minimum Gasteiger partial charge on any atom is -0.330 e. The number of nitrogens with zero attached hydrogens (tertiary/aromatic N) is 2. The Kier molecular flexibility index (Phi) is 3.30. The maximum atomic E-state index is 12.6. The van der Waals surface area contributed by atoms with Gasteiger partial charge in [-0.1, -0.05) is 0 Å². The highest BCUT2D eigenvalue weighted by molar-refractivity contribution is 5.46. The third kappa shape index (κ3) is 2.33. The van der Waals surface area contributed by atoms with Crippen LogP contribution in [0.3, 0.4) is 0 Å². The lowest BCUT2D eigenvalue weighted by molar-refractivity contribution is -0.137. The fourth-order valence-electron chi connectivity index (χ4n) is 1.96. The van der Waals surface area contributed by atoms with Crippen LogP contribution < -0.4 is 5.73 Å². The summed E-state index contributed by atoms with van der Waals surface area (Å²) in [5.41, 5.74) is 6.77. The second kappa shape index (κ2) is 4.61. The molecule has 0 aliphatic rings. The Morgan fingerprint density at radius 3 is 2.72 bits per heavy atom. The number of aryl methyl sites for hydroxylation is 2. The maximum Gasteiger partial charge on any atom is 0.416 e. The van der Waals surface area contributed by atoms with Crippen LogP contribution in [0.5, 0.6) is 0 Å². The van der Waals surface area contributed by atoms with Crippen molar-refractivity contribution in [3.63, 3.8) is 0 Å². The van der Waals surface area contributed by atoms with Gasteiger partial charge in [0, 0.05) is 11.9 Å². The molecule has 0 aliphatic heterocycles. The van der Waals surface area contributed by atoms with E-state index in [9.17, 15) is 13.2 Å². The summed E-state index contributed by atoms with van der Waals surface area (Å²) in [5.74, 6) is 0. The molecule has 2 rings (SSSR count). The zero-order chi connectivity index (χ0) is 13.3. The standard InChI is InChI=1S/C12H14F3N3/c1-8-10(3-2-5-16)18-6-4-9(12(13,14)15)7-11(18)17-8/h4,6-7H,2-3,5,16H2,1H3. The third-order valence-corrected chi connectivity index (χ3v) is 2.87. The zero-order valence-electron chi connectivity index (χ0n) is 9.96. The van der Waals surface area contributed by atoms with Gasteiger partial charge in [-0.2, -0.15) is 13.2 Å². The van der Waals surface area contributed by atoms with E-state index in [1.807, 2.05) is 0 Å². The molecule has 0 saturated heterocycles. The van der Waals surface area contributed by atoms with E-state index in [-0.39, 0.29) is 0 Å². The van der Waals surface area contributed by atoms with Crippen LogP contribution in [-0.2, 0) is 12.6 Å². The van der Waals surface area contributed by atoms with Gasteiger partial charge in [0.25, 0.3) is 0 Å². The van der Waals surface area contributed by atoms with E-state index in [4.69, 9.17) is 5.73 Å². The molecule has 0 bridgehead atoms. The number of nitrogens with two attached hydrogens (primary N) is 1. The van der Waals surface area contributed by atoms with E-state index in [2.05, 4.69) is 4.98 Å². The number of imidazole rings is 1. The number of pyridine rings is 1. The topological polar surface area (TPSA) is 43.3 Å². The zero-order valence-corrected chi connectivity index (χ0v) is 9.96. The highest BCUT2D eigenvalue weighted by Gasteiger charge is 2.31. The monoisotopic (exact) mass is 257 g/mol. The molecule has 0 unspecified atom stereocenters. The van der Waals surface area contributed by atoms with Crippen LogP contribution in [0.15, 0.2) is 18.3 Å². The predicted molar refractivity (Wildman–Crippen MR) is 62.3 cm³/mol. The fraction of sp³-hybridized carbons (Fsp3) is 0.417. The lowest BCUT2D eigenvalue weighted by atomic mass is 10.2. The molecule has 2 aromatic rings. The van der Waals surface area contributed by atoms with Crippen LogP contribution in [0.2, 0.25) is 0 Å². The Balaban J connectivity index is 2.48. The molecular formula is C12H14F3N3. The number of halogens is 3. The van der Waals surface area contributed by atoms with Gasteiger partial charge < -0.3 is 10.1 Å². The summed E-state index contributed by atoms with van der Waals surface area (Å²) in [4.78, 5) is 4.16. The van der Waals surface area contributed by atoms with Crippen molar-refractivity contribution in [1.29, 1.82) is 0 Å². The third-order valence-electron chi connectivity index (χ3n) is 2.87. The summed E-state index contributed by atoms with van der Waals surface area (Å²) in [5, 5.41) is 0. The van der Waals surface area contributed by atoms with Crippen molar-refractivity contribution in [3.8, 4) is 0 Å². The van der Waals surface area contributed by atoms with Crippen molar-refractivity contribution in [2.45, 2.75) is 25.9 Å². The quantitative estimate of drug-likeness (QED) is 0.918. The molecule has 2 heterocycles. The first-order valence-electron chi connectivity index (χ1n) is 5.68. The van der Waals surface area contributed by atoms with E-state index < -0.39 is 11.7 Å². The van der Waals surface area contributed by atoms with Crippen LogP contribution in [0, 0.1) is 6.92 Å². The van der Waals surface area contributed by atoms with Gasteiger partial charge in [0.2, 0.25) is 0 Å². The minimum atomic E-state index is -4.33. The van der Waals surface area contributed by atoms with Gasteiger partial charge >= 0.3 is 6.18 Å². The highest BCUT2D eigenvalue weighted by atomic mass is 19.4. The van der Waals surface area contributed by atoms with Gasteiger partial charge in [-0.05, 0) is 38.4 Å². The number of fused-ring (bicyclic) bond motifs is 1. The number of hydrogen-bond donors (Lipinski definition) is 1. The van der Waals surface area contributed by atoms with Gasteiger partial charge in [-0.15, -0.1) is 0 Å². The largest absolute Gasteiger partial charge is 0.416 e. The molecule has 98 valence electrons. The average Bonchev–Trinajstić information content (AvgIpc) is 2.60. The molecule has 0 spiro atoms. The highest BCUT2D eigenvalue weighted by Crippen LogP contribution is 2.30. The van der Waals surface area contributed by atoms with E-state index in [0.29, 0.717) is 12.2 Å². The Bertz CT molecular complexity index is 557. The number of aromatic nitrogens is 2. The summed E-state index contributed by atoms with van der Waals surface area (Å²) < 4.78 is 39.4. The van der Waals surface area contributed by atoms with Gasteiger partial charge in [0.05, 0.1) is 11.3 Å². The van der Waals surface area contributed by atoms with Crippen LogP contribution in [-0.4, -0.2) is 15.9 Å². The van der Waals surface area contributed by atoms with Crippen LogP contribution in [0.1, 0.15) is 23.4 Å². The molecule has 0 amide bonds. The van der Waals surface area contributed by atoms with Crippen molar-refractivity contribution in [2.24, 2.45) is 5.73 Å². The first-order chi connectivity index (χ1) is 8.43. The molecular weight excluding hydrogens is 243 g/mol. The van der Waals surface area contributed by atoms with Gasteiger partial charge in [-0.3, -0.25) is 0 Å². The SMILES string of the molecule is Cc1nc2cc(C(F)(F)F)ccn2c1CCCN. The lowest BCUT2D eigenvalue weighted by Gasteiger charge is -2.07. The molecule has 2 aromatic heterocycles. The summed E-state index contributed by atoms with van der Waals surface area (Å²) in [7, 11) is 0. The van der Waals surface area contributed by atoms with E-state index >= 15 is 0 Å². The number of alkyl halides is 3. The molecule has 2 N–H and O–H groups in total. The summed E-state index contributed by atoms with van der Waals surface area (Å²) in [6, 6.07) is 2.14. The molecule has 0 atom stereocenters. The molecule has 0 aromatic carbocycles. The second-order valence-corrected chi connectivity index (χ2v) is 4.18. The molecule has 0 saturated carbocycles. The molecule has 0 fully saturated rings. The van der Waals surface area contributed by atoms with E-state index in [1.165, 1.54) is 6.20 Å². The van der Waals surface area contributed by atoms with Crippen LogP contribution in [0.4, 0.5) is 13.2 Å². The van der Waals surface area contributed by atoms with Gasteiger partial charge in [0.15, 0.2) is 0 Å². The Morgan fingerprint density at radius 1 is 1.39 bits per heavy atom. The Morgan fingerprint density at radius 2 is 2.11 bits per heavy atom. The number of hydrogen-bond acceptors (Lipinski definition) is 2. The Labute approximate surface area is 102 Å². The smallest absolute Gasteiger partial charge is 0.330 e. The van der Waals surface area contributed by atoms with Crippen molar-refractivity contribution in [3.05, 3.63) is 35.3 Å². The minimum absolute atomic E-state index is 0.328. The number of rotatable bonds is 3. The first-order valence-corrected chi connectivity index (χ1v) is 5.68. The molecule has 3 nitrogen and oxygen atoms in total. The van der Waals surface area contributed by atoms with Crippen LogP contribution >= 0.6 is 0 Å².